The quantitative estimate of drug-likeness (QED) is 0.749. The van der Waals surface area contributed by atoms with Crippen molar-refractivity contribution in [3.05, 3.63) is 54.1 Å². The van der Waals surface area contributed by atoms with Gasteiger partial charge in [0.05, 0.1) is 17.7 Å². The predicted molar refractivity (Wildman–Crippen MR) is 118 cm³/mol. The maximum atomic E-state index is 13.1. The molecule has 0 heterocycles. The Kier molecular flexibility index (Phi) is 6.71. The van der Waals surface area contributed by atoms with Gasteiger partial charge < -0.3 is 10.1 Å². The van der Waals surface area contributed by atoms with Crippen molar-refractivity contribution in [2.24, 2.45) is 11.8 Å². The van der Waals surface area contributed by atoms with Crippen molar-refractivity contribution in [1.82, 2.24) is 5.32 Å². The third kappa shape index (κ3) is 4.61. The van der Waals surface area contributed by atoms with E-state index in [2.05, 4.69) is 19.2 Å². The first-order valence-electron chi connectivity index (χ1n) is 10.3. The summed E-state index contributed by atoms with van der Waals surface area (Å²) < 4.78 is 32.5. The minimum Gasteiger partial charge on any atom is -0.497 e. The molecule has 30 heavy (non-hydrogen) atoms. The van der Waals surface area contributed by atoms with E-state index in [0.29, 0.717) is 28.8 Å². The molecular formula is C23H30N2O4S. The minimum atomic E-state index is -3.81. The molecule has 2 aromatic carbocycles. The Morgan fingerprint density at radius 1 is 1.10 bits per heavy atom. The van der Waals surface area contributed by atoms with E-state index in [4.69, 9.17) is 4.74 Å². The molecule has 0 aromatic heterocycles. The van der Waals surface area contributed by atoms with Crippen LogP contribution in [-0.2, 0) is 10.0 Å². The molecule has 0 aliphatic heterocycles. The molecule has 1 amide bonds. The zero-order chi connectivity index (χ0) is 21.9. The second-order valence-electron chi connectivity index (χ2n) is 8.05. The van der Waals surface area contributed by atoms with Crippen molar-refractivity contribution in [3.8, 4) is 5.75 Å². The molecule has 0 saturated heterocycles. The fraction of sp³-hybridized carbons (Fsp3) is 0.435. The second-order valence-corrected chi connectivity index (χ2v) is 10.0. The van der Waals surface area contributed by atoms with Gasteiger partial charge in [-0.2, -0.15) is 0 Å². The molecule has 3 atom stereocenters. The Morgan fingerprint density at radius 2 is 1.80 bits per heavy atom. The molecule has 0 unspecified atom stereocenters. The standard InChI is InChI=1S/C23H30N2O4S/c1-16-7-5-10-22(17(16)2)24-23(26)18-8-6-9-21(15-18)30(27,28)25(3)19-11-13-20(29-4)14-12-19/h6,8-9,11-17,22H,5,7,10H2,1-4H3,(H,24,26)/t16-,17-,22-/m1/s1. The van der Waals surface area contributed by atoms with E-state index in [1.54, 1.807) is 43.5 Å². The van der Waals surface area contributed by atoms with Crippen LogP contribution in [0.25, 0.3) is 0 Å². The van der Waals surface area contributed by atoms with Gasteiger partial charge in [0.15, 0.2) is 0 Å². The lowest BCUT2D eigenvalue weighted by Crippen LogP contribution is -2.43. The van der Waals surface area contributed by atoms with Gasteiger partial charge in [0, 0.05) is 18.7 Å². The molecule has 0 radical (unpaired) electrons. The number of hydrogen-bond acceptors (Lipinski definition) is 4. The van der Waals surface area contributed by atoms with Crippen molar-refractivity contribution in [2.75, 3.05) is 18.5 Å². The number of methoxy groups -OCH3 is 1. The Labute approximate surface area is 179 Å². The van der Waals surface area contributed by atoms with Crippen molar-refractivity contribution in [2.45, 2.75) is 44.0 Å². The molecule has 1 aliphatic carbocycles. The Morgan fingerprint density at radius 3 is 2.47 bits per heavy atom. The van der Waals surface area contributed by atoms with Crippen LogP contribution in [0.15, 0.2) is 53.4 Å². The van der Waals surface area contributed by atoms with E-state index in [1.807, 2.05) is 0 Å². The number of sulfonamides is 1. The number of amides is 1. The normalized spacial score (nSPS) is 21.7. The van der Waals surface area contributed by atoms with Crippen LogP contribution in [0.5, 0.6) is 5.75 Å². The van der Waals surface area contributed by atoms with E-state index in [-0.39, 0.29) is 16.8 Å². The van der Waals surface area contributed by atoms with E-state index in [0.717, 1.165) is 12.8 Å². The number of nitrogens with one attached hydrogen (secondary N) is 1. The summed E-state index contributed by atoms with van der Waals surface area (Å²) in [5.41, 5.74) is 0.861. The average Bonchev–Trinajstić information content (AvgIpc) is 2.76. The van der Waals surface area contributed by atoms with Crippen molar-refractivity contribution in [3.63, 3.8) is 0 Å². The lowest BCUT2D eigenvalue weighted by molar-refractivity contribution is 0.0891. The first-order valence-corrected chi connectivity index (χ1v) is 11.7. The Bertz CT molecular complexity index is 989. The predicted octanol–water partition coefficient (Wildman–Crippen LogP) is 4.07. The summed E-state index contributed by atoms with van der Waals surface area (Å²) in [4.78, 5) is 12.9. The third-order valence-corrected chi connectivity index (χ3v) is 8.00. The van der Waals surface area contributed by atoms with Crippen LogP contribution >= 0.6 is 0 Å². The number of nitrogens with zero attached hydrogens (tertiary/aromatic N) is 1. The number of anilines is 1. The molecule has 1 fully saturated rings. The third-order valence-electron chi connectivity index (χ3n) is 6.21. The van der Waals surface area contributed by atoms with Crippen LogP contribution in [0, 0.1) is 11.8 Å². The molecule has 3 rings (SSSR count). The van der Waals surface area contributed by atoms with Gasteiger partial charge in [-0.1, -0.05) is 32.8 Å². The summed E-state index contributed by atoms with van der Waals surface area (Å²) in [5.74, 6) is 1.38. The molecule has 7 heteroatoms. The monoisotopic (exact) mass is 430 g/mol. The summed E-state index contributed by atoms with van der Waals surface area (Å²) in [6.07, 6.45) is 3.23. The molecule has 162 valence electrons. The molecule has 1 N–H and O–H groups in total. The Hall–Kier alpha value is -2.54. The largest absolute Gasteiger partial charge is 0.497 e. The van der Waals surface area contributed by atoms with Crippen LogP contribution in [0.1, 0.15) is 43.5 Å². The maximum absolute atomic E-state index is 13.1. The first kappa shape index (κ1) is 22.2. The van der Waals surface area contributed by atoms with Gasteiger partial charge >= 0.3 is 0 Å². The number of carbonyl (C=O) groups is 1. The SMILES string of the molecule is COc1ccc(N(C)S(=O)(=O)c2cccc(C(=O)N[C@@H]3CCC[C@@H](C)[C@H]3C)c2)cc1. The van der Waals surface area contributed by atoms with Gasteiger partial charge in [0.2, 0.25) is 0 Å². The van der Waals surface area contributed by atoms with Gasteiger partial charge in [-0.15, -0.1) is 0 Å². The lowest BCUT2D eigenvalue weighted by atomic mass is 9.78. The van der Waals surface area contributed by atoms with Crippen LogP contribution in [0.3, 0.4) is 0 Å². The molecule has 1 saturated carbocycles. The molecular weight excluding hydrogens is 400 g/mol. The van der Waals surface area contributed by atoms with Gasteiger partial charge in [-0.05, 0) is 60.7 Å². The van der Waals surface area contributed by atoms with E-state index < -0.39 is 10.0 Å². The van der Waals surface area contributed by atoms with E-state index in [9.17, 15) is 13.2 Å². The van der Waals surface area contributed by atoms with Crippen LogP contribution in [0.2, 0.25) is 0 Å². The number of benzene rings is 2. The highest BCUT2D eigenvalue weighted by Crippen LogP contribution is 2.30. The molecule has 2 aromatic rings. The molecule has 1 aliphatic rings. The van der Waals surface area contributed by atoms with E-state index >= 15 is 0 Å². The molecule has 0 bridgehead atoms. The van der Waals surface area contributed by atoms with Crippen LogP contribution < -0.4 is 14.4 Å². The maximum Gasteiger partial charge on any atom is 0.264 e. The zero-order valence-corrected chi connectivity index (χ0v) is 18.8. The average molecular weight is 431 g/mol. The number of hydrogen-bond donors (Lipinski definition) is 1. The van der Waals surface area contributed by atoms with Crippen LogP contribution in [0.4, 0.5) is 5.69 Å². The topological polar surface area (TPSA) is 75.7 Å². The van der Waals surface area contributed by atoms with Crippen molar-refractivity contribution < 1.29 is 17.9 Å². The van der Waals surface area contributed by atoms with Crippen molar-refractivity contribution >= 4 is 21.6 Å². The van der Waals surface area contributed by atoms with Gasteiger partial charge in [-0.3, -0.25) is 9.10 Å². The fourth-order valence-electron chi connectivity index (χ4n) is 3.92. The smallest absolute Gasteiger partial charge is 0.264 e. The highest BCUT2D eigenvalue weighted by molar-refractivity contribution is 7.92. The summed E-state index contributed by atoms with van der Waals surface area (Å²) in [6, 6.07) is 13.1. The summed E-state index contributed by atoms with van der Waals surface area (Å²) in [5, 5.41) is 3.11. The summed E-state index contributed by atoms with van der Waals surface area (Å²) in [7, 11) is -0.756. The Balaban J connectivity index is 1.80. The van der Waals surface area contributed by atoms with Gasteiger partial charge in [0.1, 0.15) is 5.75 Å². The summed E-state index contributed by atoms with van der Waals surface area (Å²) >= 11 is 0. The molecule has 0 spiro atoms. The second kappa shape index (κ2) is 9.08. The van der Waals surface area contributed by atoms with Gasteiger partial charge in [-0.25, -0.2) is 8.42 Å². The lowest BCUT2D eigenvalue weighted by Gasteiger charge is -2.34. The number of rotatable bonds is 6. The zero-order valence-electron chi connectivity index (χ0n) is 18.0. The van der Waals surface area contributed by atoms with Crippen molar-refractivity contribution in [1.29, 1.82) is 0 Å². The first-order chi connectivity index (χ1) is 14.2. The highest BCUT2D eigenvalue weighted by Gasteiger charge is 2.29. The highest BCUT2D eigenvalue weighted by atomic mass is 32.2. The number of ether oxygens (including phenoxy) is 1. The minimum absolute atomic E-state index is 0.0820. The fourth-order valence-corrected chi connectivity index (χ4v) is 5.17. The molecule has 6 nitrogen and oxygen atoms in total. The van der Waals surface area contributed by atoms with Crippen LogP contribution in [-0.4, -0.2) is 34.5 Å². The van der Waals surface area contributed by atoms with Gasteiger partial charge in [0.25, 0.3) is 15.9 Å². The number of carbonyl (C=O) groups excluding carboxylic acids is 1. The van der Waals surface area contributed by atoms with E-state index in [1.165, 1.54) is 29.9 Å². The summed E-state index contributed by atoms with van der Waals surface area (Å²) in [6.45, 7) is 4.38.